The number of furan rings is 1. The second-order valence-electron chi connectivity index (χ2n) is 6.55. The number of carboxylic acid groups (broad SMARTS) is 1. The van der Waals surface area contributed by atoms with Crippen molar-refractivity contribution in [3.05, 3.63) is 58.7 Å². The van der Waals surface area contributed by atoms with E-state index < -0.39 is 17.9 Å². The maximum atomic E-state index is 12.5. The lowest BCUT2D eigenvalue weighted by Crippen LogP contribution is -2.39. The minimum absolute atomic E-state index is 0.0118. The van der Waals surface area contributed by atoms with Crippen LogP contribution in [0.2, 0.25) is 0 Å². The number of hydrogen-bond donors (Lipinski definition) is 1. The van der Waals surface area contributed by atoms with E-state index in [1.807, 2.05) is 6.92 Å². The van der Waals surface area contributed by atoms with Crippen molar-refractivity contribution < 1.29 is 42.9 Å². The molecule has 0 spiro atoms. The van der Waals surface area contributed by atoms with Gasteiger partial charge in [-0.3, -0.25) is 0 Å². The smallest absolute Gasteiger partial charge is 0.371 e. The number of aromatic carboxylic acids is 1. The van der Waals surface area contributed by atoms with Gasteiger partial charge in [0, 0.05) is 0 Å². The van der Waals surface area contributed by atoms with Crippen LogP contribution < -0.4 is 9.64 Å². The fourth-order valence-electron chi connectivity index (χ4n) is 3.01. The first kappa shape index (κ1) is 21.9. The number of anilines is 1. The lowest BCUT2D eigenvalue weighted by Gasteiger charge is -2.32. The van der Waals surface area contributed by atoms with Gasteiger partial charge in [-0.15, -0.1) is 0 Å². The molecular formula is C21H21NO9. The number of carbonyl (C=O) groups is 3. The summed E-state index contributed by atoms with van der Waals surface area (Å²) in [6.07, 6.45) is 0. The van der Waals surface area contributed by atoms with Crippen LogP contribution in [0, 0.1) is 6.92 Å². The van der Waals surface area contributed by atoms with Gasteiger partial charge in [-0.05, 0) is 36.8 Å². The topological polar surface area (TPSA) is 125 Å². The molecule has 10 heteroatoms. The molecule has 0 unspecified atom stereocenters. The number of nitrogens with zero attached hydrogens (tertiary/aromatic N) is 1. The Labute approximate surface area is 177 Å². The molecule has 0 aliphatic carbocycles. The van der Waals surface area contributed by atoms with Gasteiger partial charge in [-0.1, -0.05) is 6.07 Å². The second-order valence-corrected chi connectivity index (χ2v) is 6.55. The van der Waals surface area contributed by atoms with Crippen molar-refractivity contribution in [3.63, 3.8) is 0 Å². The van der Waals surface area contributed by atoms with E-state index in [-0.39, 0.29) is 37.0 Å². The molecule has 2 aromatic rings. The number of carbonyl (C=O) groups excluding carboxylic acids is 2. The maximum Gasteiger partial charge on any atom is 0.371 e. The van der Waals surface area contributed by atoms with Gasteiger partial charge in [0.05, 0.1) is 32.1 Å². The Morgan fingerprint density at radius 3 is 2.48 bits per heavy atom. The van der Waals surface area contributed by atoms with E-state index in [0.29, 0.717) is 17.2 Å². The van der Waals surface area contributed by atoms with E-state index in [2.05, 4.69) is 0 Å². The number of carboxylic acids is 1. The van der Waals surface area contributed by atoms with E-state index in [9.17, 15) is 14.4 Å². The van der Waals surface area contributed by atoms with Crippen molar-refractivity contribution in [1.82, 2.24) is 0 Å². The first-order valence-corrected chi connectivity index (χ1v) is 9.16. The summed E-state index contributed by atoms with van der Waals surface area (Å²) in [5, 5.41) is 8.98. The average molecular weight is 431 g/mol. The van der Waals surface area contributed by atoms with Gasteiger partial charge in [0.25, 0.3) is 0 Å². The zero-order valence-electron chi connectivity index (χ0n) is 17.2. The van der Waals surface area contributed by atoms with Crippen molar-refractivity contribution in [2.24, 2.45) is 0 Å². The molecule has 1 aliphatic rings. The van der Waals surface area contributed by atoms with Crippen molar-refractivity contribution in [2.45, 2.75) is 13.5 Å². The van der Waals surface area contributed by atoms with E-state index in [1.165, 1.54) is 31.3 Å². The summed E-state index contributed by atoms with van der Waals surface area (Å²) in [7, 11) is 2.42. The molecule has 0 radical (unpaired) electrons. The predicted octanol–water partition coefficient (Wildman–Crippen LogP) is 2.26. The molecule has 1 aromatic carbocycles. The Hall–Kier alpha value is -3.79. The van der Waals surface area contributed by atoms with Gasteiger partial charge in [0.15, 0.2) is 0 Å². The highest BCUT2D eigenvalue weighted by molar-refractivity contribution is 6.03. The Bertz CT molecular complexity index is 1040. The van der Waals surface area contributed by atoms with Crippen LogP contribution in [-0.4, -0.2) is 50.6 Å². The molecular weight excluding hydrogens is 410 g/mol. The Morgan fingerprint density at radius 2 is 1.84 bits per heavy atom. The van der Waals surface area contributed by atoms with Crippen LogP contribution in [0.1, 0.15) is 21.9 Å². The van der Waals surface area contributed by atoms with E-state index in [0.717, 1.165) is 5.56 Å². The zero-order chi connectivity index (χ0) is 22.5. The van der Waals surface area contributed by atoms with Crippen LogP contribution in [0.4, 0.5) is 5.69 Å². The highest BCUT2D eigenvalue weighted by atomic mass is 16.5. The molecule has 10 nitrogen and oxygen atoms in total. The summed E-state index contributed by atoms with van der Waals surface area (Å²) >= 11 is 0. The number of hydrogen-bond acceptors (Lipinski definition) is 9. The lowest BCUT2D eigenvalue weighted by molar-refractivity contribution is -0.140. The Balaban J connectivity index is 1.98. The molecule has 0 fully saturated rings. The quantitative estimate of drug-likeness (QED) is 0.653. The van der Waals surface area contributed by atoms with Crippen LogP contribution in [-0.2, 0) is 30.4 Å². The molecule has 3 rings (SSSR count). The van der Waals surface area contributed by atoms with E-state index in [1.54, 1.807) is 18.2 Å². The van der Waals surface area contributed by atoms with Gasteiger partial charge in [0.2, 0.25) is 5.76 Å². The maximum absolute atomic E-state index is 12.5. The molecule has 31 heavy (non-hydrogen) atoms. The number of esters is 2. The molecule has 1 N–H and O–H groups in total. The second kappa shape index (κ2) is 9.35. The van der Waals surface area contributed by atoms with Gasteiger partial charge < -0.3 is 33.4 Å². The zero-order valence-corrected chi connectivity index (χ0v) is 17.2. The van der Waals surface area contributed by atoms with E-state index >= 15 is 0 Å². The van der Waals surface area contributed by atoms with Crippen molar-refractivity contribution in [2.75, 3.05) is 32.5 Å². The SMILES string of the molecule is COC(=O)C1=C(C(=O)OC)N(c2cc(C)ccc2OCc2ccc(C(=O)O)o2)COC1. The summed E-state index contributed by atoms with van der Waals surface area (Å²) in [6.45, 7) is 1.65. The average Bonchev–Trinajstić information content (AvgIpc) is 3.26. The van der Waals surface area contributed by atoms with Crippen LogP contribution >= 0.6 is 0 Å². The van der Waals surface area contributed by atoms with Gasteiger partial charge in [-0.25, -0.2) is 14.4 Å². The molecule has 164 valence electrons. The summed E-state index contributed by atoms with van der Waals surface area (Å²) in [5.41, 5.74) is 1.32. The molecule has 0 amide bonds. The van der Waals surface area contributed by atoms with Crippen LogP contribution in [0.15, 0.2) is 46.0 Å². The summed E-state index contributed by atoms with van der Waals surface area (Å²) in [6, 6.07) is 8.07. The lowest BCUT2D eigenvalue weighted by atomic mass is 10.1. The first-order chi connectivity index (χ1) is 14.8. The molecule has 0 atom stereocenters. The molecule has 0 bridgehead atoms. The first-order valence-electron chi connectivity index (χ1n) is 9.16. The number of benzene rings is 1. The predicted molar refractivity (Wildman–Crippen MR) is 106 cm³/mol. The number of methoxy groups -OCH3 is 2. The summed E-state index contributed by atoms with van der Waals surface area (Å²) < 4.78 is 26.2. The third-order valence-electron chi connectivity index (χ3n) is 4.48. The standard InChI is InChI=1S/C21H21NO9/c1-12-4-6-16(30-9-13-5-7-17(31-13)19(23)24)15(8-12)22-11-29-10-14(20(25)27-2)18(22)21(26)28-3/h4-8H,9-11H2,1-3H3,(H,23,24). The third-order valence-corrected chi connectivity index (χ3v) is 4.48. The monoisotopic (exact) mass is 431 g/mol. The highest BCUT2D eigenvalue weighted by Gasteiger charge is 2.33. The van der Waals surface area contributed by atoms with Crippen LogP contribution in [0.25, 0.3) is 0 Å². The number of aryl methyl sites for hydroxylation is 1. The van der Waals surface area contributed by atoms with Crippen molar-refractivity contribution in [3.8, 4) is 5.75 Å². The fraction of sp³-hybridized carbons (Fsp3) is 0.286. The minimum atomic E-state index is -1.18. The fourth-order valence-corrected chi connectivity index (χ4v) is 3.01. The Morgan fingerprint density at radius 1 is 1.10 bits per heavy atom. The third kappa shape index (κ3) is 4.69. The van der Waals surface area contributed by atoms with Crippen molar-refractivity contribution in [1.29, 1.82) is 0 Å². The molecule has 1 aliphatic heterocycles. The highest BCUT2D eigenvalue weighted by Crippen LogP contribution is 2.35. The van der Waals surface area contributed by atoms with Gasteiger partial charge in [-0.2, -0.15) is 0 Å². The van der Waals surface area contributed by atoms with Gasteiger partial charge in [0.1, 0.15) is 30.5 Å². The molecule has 0 saturated carbocycles. The molecule has 2 heterocycles. The van der Waals surface area contributed by atoms with Crippen LogP contribution in [0.5, 0.6) is 5.75 Å². The minimum Gasteiger partial charge on any atom is -0.483 e. The summed E-state index contributed by atoms with van der Waals surface area (Å²) in [5.74, 6) is -2.17. The summed E-state index contributed by atoms with van der Waals surface area (Å²) in [4.78, 5) is 37.2. The van der Waals surface area contributed by atoms with Gasteiger partial charge >= 0.3 is 17.9 Å². The normalized spacial score (nSPS) is 13.7. The Kier molecular flexibility index (Phi) is 6.61. The molecule has 0 saturated heterocycles. The van der Waals surface area contributed by atoms with E-state index in [4.69, 9.17) is 28.5 Å². The largest absolute Gasteiger partial charge is 0.483 e. The van der Waals surface area contributed by atoms with Crippen LogP contribution in [0.3, 0.4) is 0 Å². The number of ether oxygens (including phenoxy) is 4. The molecule has 1 aromatic heterocycles. The van der Waals surface area contributed by atoms with Crippen molar-refractivity contribution >= 4 is 23.6 Å². The number of rotatable bonds is 7.